The van der Waals surface area contributed by atoms with Crippen LogP contribution in [-0.2, 0) is 6.54 Å². The number of aromatic nitrogens is 1. The molecule has 0 aliphatic carbocycles. The first-order valence-electron chi connectivity index (χ1n) is 6.25. The van der Waals surface area contributed by atoms with Gasteiger partial charge in [-0.05, 0) is 43.7 Å². The van der Waals surface area contributed by atoms with Crippen molar-refractivity contribution in [1.29, 1.82) is 0 Å². The molecule has 2 aromatic rings. The SMILES string of the molecule is CC(C)Oc1cccnc1NCc1cccc(Cl)c1. The molecule has 1 aromatic carbocycles. The number of nitrogens with zero attached hydrogens (tertiary/aromatic N) is 1. The van der Waals surface area contributed by atoms with Crippen molar-refractivity contribution in [1.82, 2.24) is 4.98 Å². The average Bonchev–Trinajstić information content (AvgIpc) is 2.37. The third-order valence-corrected chi connectivity index (χ3v) is 2.72. The number of ether oxygens (including phenoxy) is 1. The lowest BCUT2D eigenvalue weighted by Gasteiger charge is -2.14. The van der Waals surface area contributed by atoms with E-state index in [1.807, 2.05) is 50.2 Å². The van der Waals surface area contributed by atoms with Crippen LogP contribution in [0.2, 0.25) is 5.02 Å². The van der Waals surface area contributed by atoms with Crippen LogP contribution in [-0.4, -0.2) is 11.1 Å². The number of benzene rings is 1. The molecule has 19 heavy (non-hydrogen) atoms. The van der Waals surface area contributed by atoms with Crippen LogP contribution in [0.25, 0.3) is 0 Å². The van der Waals surface area contributed by atoms with Crippen LogP contribution < -0.4 is 10.1 Å². The maximum absolute atomic E-state index is 5.96. The molecule has 2 rings (SSSR count). The van der Waals surface area contributed by atoms with E-state index in [1.165, 1.54) is 0 Å². The van der Waals surface area contributed by atoms with Gasteiger partial charge in [0, 0.05) is 17.8 Å². The first kappa shape index (κ1) is 13.7. The minimum Gasteiger partial charge on any atom is -0.487 e. The molecule has 0 aliphatic rings. The van der Waals surface area contributed by atoms with Crippen LogP contribution >= 0.6 is 11.6 Å². The number of pyridine rings is 1. The maximum atomic E-state index is 5.96. The zero-order valence-electron chi connectivity index (χ0n) is 11.1. The van der Waals surface area contributed by atoms with E-state index in [0.29, 0.717) is 6.54 Å². The van der Waals surface area contributed by atoms with Gasteiger partial charge in [0.15, 0.2) is 11.6 Å². The van der Waals surface area contributed by atoms with Crippen LogP contribution in [0.15, 0.2) is 42.6 Å². The maximum Gasteiger partial charge on any atom is 0.169 e. The predicted molar refractivity (Wildman–Crippen MR) is 78.8 cm³/mol. The Balaban J connectivity index is 2.07. The van der Waals surface area contributed by atoms with Crippen LogP contribution in [0.4, 0.5) is 5.82 Å². The first-order chi connectivity index (χ1) is 9.15. The summed E-state index contributed by atoms with van der Waals surface area (Å²) in [7, 11) is 0. The van der Waals surface area contributed by atoms with Crippen molar-refractivity contribution >= 4 is 17.4 Å². The molecule has 0 bridgehead atoms. The quantitative estimate of drug-likeness (QED) is 0.891. The van der Waals surface area contributed by atoms with Gasteiger partial charge in [-0.2, -0.15) is 0 Å². The molecule has 0 radical (unpaired) electrons. The molecule has 4 heteroatoms. The molecule has 0 spiro atoms. The van der Waals surface area contributed by atoms with Crippen molar-refractivity contribution < 1.29 is 4.74 Å². The third kappa shape index (κ3) is 4.14. The summed E-state index contributed by atoms with van der Waals surface area (Å²) in [6, 6.07) is 11.5. The fraction of sp³-hybridized carbons (Fsp3) is 0.267. The number of hydrogen-bond donors (Lipinski definition) is 1. The second-order valence-electron chi connectivity index (χ2n) is 4.50. The molecular weight excluding hydrogens is 260 g/mol. The van der Waals surface area contributed by atoms with E-state index in [1.54, 1.807) is 6.20 Å². The molecule has 0 fully saturated rings. The van der Waals surface area contributed by atoms with Crippen molar-refractivity contribution in [3.8, 4) is 5.75 Å². The van der Waals surface area contributed by atoms with Gasteiger partial charge in [0.25, 0.3) is 0 Å². The molecule has 0 unspecified atom stereocenters. The number of rotatable bonds is 5. The molecule has 0 saturated heterocycles. The monoisotopic (exact) mass is 276 g/mol. The lowest BCUT2D eigenvalue weighted by molar-refractivity contribution is 0.243. The summed E-state index contributed by atoms with van der Waals surface area (Å²) < 4.78 is 5.71. The fourth-order valence-electron chi connectivity index (χ4n) is 1.71. The van der Waals surface area contributed by atoms with Gasteiger partial charge < -0.3 is 10.1 Å². The molecule has 0 amide bonds. The molecule has 0 atom stereocenters. The van der Waals surface area contributed by atoms with Crippen molar-refractivity contribution in [2.45, 2.75) is 26.5 Å². The minimum atomic E-state index is 0.121. The molecular formula is C15H17ClN2O. The van der Waals surface area contributed by atoms with Crippen LogP contribution in [0.1, 0.15) is 19.4 Å². The molecule has 1 heterocycles. The Bertz CT molecular complexity index is 543. The van der Waals surface area contributed by atoms with E-state index in [0.717, 1.165) is 22.2 Å². The number of hydrogen-bond acceptors (Lipinski definition) is 3. The Labute approximate surface area is 118 Å². The Kier molecular flexibility index (Phi) is 4.63. The van der Waals surface area contributed by atoms with Gasteiger partial charge in [0.2, 0.25) is 0 Å². The summed E-state index contributed by atoms with van der Waals surface area (Å²) in [6.07, 6.45) is 1.86. The summed E-state index contributed by atoms with van der Waals surface area (Å²) in [6.45, 7) is 4.65. The highest BCUT2D eigenvalue weighted by molar-refractivity contribution is 6.30. The van der Waals surface area contributed by atoms with E-state index in [9.17, 15) is 0 Å². The van der Waals surface area contributed by atoms with E-state index in [4.69, 9.17) is 16.3 Å². The smallest absolute Gasteiger partial charge is 0.169 e. The highest BCUT2D eigenvalue weighted by Gasteiger charge is 2.06. The van der Waals surface area contributed by atoms with Gasteiger partial charge in [-0.15, -0.1) is 0 Å². The topological polar surface area (TPSA) is 34.1 Å². The van der Waals surface area contributed by atoms with Crippen molar-refractivity contribution in [3.05, 3.63) is 53.2 Å². The Hall–Kier alpha value is -1.74. The zero-order valence-corrected chi connectivity index (χ0v) is 11.8. The lowest BCUT2D eigenvalue weighted by atomic mass is 10.2. The molecule has 1 aromatic heterocycles. The van der Waals surface area contributed by atoms with Crippen LogP contribution in [0.3, 0.4) is 0 Å². The first-order valence-corrected chi connectivity index (χ1v) is 6.63. The second kappa shape index (κ2) is 6.43. The van der Waals surface area contributed by atoms with Crippen molar-refractivity contribution in [3.63, 3.8) is 0 Å². The van der Waals surface area contributed by atoms with Gasteiger partial charge in [-0.1, -0.05) is 23.7 Å². The molecule has 1 N–H and O–H groups in total. The van der Waals surface area contributed by atoms with Gasteiger partial charge in [0.1, 0.15) is 0 Å². The Morgan fingerprint density at radius 1 is 1.26 bits per heavy atom. The molecule has 0 aliphatic heterocycles. The summed E-state index contributed by atoms with van der Waals surface area (Å²) in [5, 5.41) is 4.00. The number of nitrogens with one attached hydrogen (secondary N) is 1. The van der Waals surface area contributed by atoms with Gasteiger partial charge in [-0.3, -0.25) is 0 Å². The summed E-state index contributed by atoms with van der Waals surface area (Å²) in [5.41, 5.74) is 1.11. The molecule has 3 nitrogen and oxygen atoms in total. The number of anilines is 1. The molecule has 100 valence electrons. The van der Waals surface area contributed by atoms with Crippen molar-refractivity contribution in [2.24, 2.45) is 0 Å². The fourth-order valence-corrected chi connectivity index (χ4v) is 1.92. The predicted octanol–water partition coefficient (Wildman–Crippen LogP) is 4.13. The van der Waals surface area contributed by atoms with E-state index in [2.05, 4.69) is 10.3 Å². The van der Waals surface area contributed by atoms with E-state index >= 15 is 0 Å². The normalized spacial score (nSPS) is 10.5. The van der Waals surface area contributed by atoms with Gasteiger partial charge >= 0.3 is 0 Å². The summed E-state index contributed by atoms with van der Waals surface area (Å²) >= 11 is 5.96. The highest BCUT2D eigenvalue weighted by Crippen LogP contribution is 2.23. The highest BCUT2D eigenvalue weighted by atomic mass is 35.5. The largest absolute Gasteiger partial charge is 0.487 e. The standard InChI is InChI=1S/C15H17ClN2O/c1-11(2)19-14-7-4-8-17-15(14)18-10-12-5-3-6-13(16)9-12/h3-9,11H,10H2,1-2H3,(H,17,18). The number of halogens is 1. The molecule has 0 saturated carbocycles. The van der Waals surface area contributed by atoms with Gasteiger partial charge in [-0.25, -0.2) is 4.98 Å². The minimum absolute atomic E-state index is 0.121. The summed E-state index contributed by atoms with van der Waals surface area (Å²) in [5.74, 6) is 1.51. The van der Waals surface area contributed by atoms with Crippen LogP contribution in [0.5, 0.6) is 5.75 Å². The van der Waals surface area contributed by atoms with Crippen molar-refractivity contribution in [2.75, 3.05) is 5.32 Å². The van der Waals surface area contributed by atoms with E-state index < -0.39 is 0 Å². The Morgan fingerprint density at radius 3 is 2.84 bits per heavy atom. The van der Waals surface area contributed by atoms with Gasteiger partial charge in [0.05, 0.1) is 6.10 Å². The summed E-state index contributed by atoms with van der Waals surface area (Å²) in [4.78, 5) is 4.30. The lowest BCUT2D eigenvalue weighted by Crippen LogP contribution is -2.09. The average molecular weight is 277 g/mol. The third-order valence-electron chi connectivity index (χ3n) is 2.48. The van der Waals surface area contributed by atoms with E-state index in [-0.39, 0.29) is 6.10 Å². The zero-order chi connectivity index (χ0) is 13.7. The second-order valence-corrected chi connectivity index (χ2v) is 4.94. The van der Waals surface area contributed by atoms with Crippen LogP contribution in [0, 0.1) is 0 Å². The Morgan fingerprint density at radius 2 is 2.11 bits per heavy atom.